The number of nitrogens with one attached hydrogen (secondary N) is 1. The molecule has 2 atom stereocenters. The standard InChI is InChI=1S/C24H22FN3O5/c25-17-4-1-14-2-6-21(29)28-13-18(22(17)23(14)28)26-8-7-16-12-27(24(30)33-16)15-3-5-19-20(11-15)32-10-9-31-19/h1-6,11,16,18,26H,7-10,12-13H2/t16-,18+/m0/s1. The number of benzene rings is 2. The molecule has 0 aliphatic carbocycles. The number of hydrogen-bond donors (Lipinski definition) is 1. The first-order valence-corrected chi connectivity index (χ1v) is 11.0. The number of cyclic esters (lactones) is 1. The van der Waals surface area contributed by atoms with Crippen molar-refractivity contribution in [3.05, 3.63) is 64.2 Å². The van der Waals surface area contributed by atoms with Crippen LogP contribution in [0.15, 0.2) is 47.3 Å². The third-order valence-electron chi connectivity index (χ3n) is 6.42. The number of hydrogen-bond acceptors (Lipinski definition) is 6. The molecule has 0 spiro atoms. The number of amides is 1. The van der Waals surface area contributed by atoms with Gasteiger partial charge < -0.3 is 24.1 Å². The van der Waals surface area contributed by atoms with E-state index in [1.807, 2.05) is 6.07 Å². The molecule has 0 saturated carbocycles. The fourth-order valence-corrected chi connectivity index (χ4v) is 4.85. The van der Waals surface area contributed by atoms with Crippen molar-refractivity contribution in [2.45, 2.75) is 25.1 Å². The second kappa shape index (κ2) is 7.77. The third-order valence-corrected chi connectivity index (χ3v) is 6.42. The monoisotopic (exact) mass is 451 g/mol. The summed E-state index contributed by atoms with van der Waals surface area (Å²) in [5.74, 6) is 0.954. The lowest BCUT2D eigenvalue weighted by atomic mass is 10.1. The van der Waals surface area contributed by atoms with Gasteiger partial charge in [-0.25, -0.2) is 9.18 Å². The maximum Gasteiger partial charge on any atom is 0.414 e. The number of fused-ring (bicyclic) bond motifs is 1. The normalized spacial score (nSPS) is 21.0. The molecule has 0 radical (unpaired) electrons. The molecule has 0 bridgehead atoms. The maximum absolute atomic E-state index is 14.6. The minimum atomic E-state index is -0.410. The van der Waals surface area contributed by atoms with E-state index in [1.54, 1.807) is 33.7 Å². The Kier molecular flexibility index (Phi) is 4.72. The van der Waals surface area contributed by atoms with Gasteiger partial charge in [0.25, 0.3) is 5.56 Å². The number of aromatic nitrogens is 1. The Bertz CT molecular complexity index is 1320. The number of pyridine rings is 1. The minimum absolute atomic E-state index is 0.140. The lowest BCUT2D eigenvalue weighted by Gasteiger charge is -2.21. The average Bonchev–Trinajstić information content (AvgIpc) is 3.40. The second-order valence-electron chi connectivity index (χ2n) is 8.42. The van der Waals surface area contributed by atoms with Gasteiger partial charge >= 0.3 is 6.09 Å². The Morgan fingerprint density at radius 3 is 2.70 bits per heavy atom. The van der Waals surface area contributed by atoms with Crippen LogP contribution >= 0.6 is 0 Å². The van der Waals surface area contributed by atoms with Crippen molar-refractivity contribution in [1.29, 1.82) is 0 Å². The number of nitrogens with zero attached hydrogens (tertiary/aromatic N) is 2. The van der Waals surface area contributed by atoms with Gasteiger partial charge in [-0.1, -0.05) is 0 Å². The predicted molar refractivity (Wildman–Crippen MR) is 119 cm³/mol. The van der Waals surface area contributed by atoms with E-state index in [1.165, 1.54) is 12.1 Å². The van der Waals surface area contributed by atoms with Crippen LogP contribution in [0.1, 0.15) is 18.0 Å². The van der Waals surface area contributed by atoms with Crippen molar-refractivity contribution in [3.8, 4) is 11.5 Å². The molecular formula is C24H22FN3O5. The van der Waals surface area contributed by atoms with Gasteiger partial charge in [0.15, 0.2) is 11.5 Å². The fourth-order valence-electron chi connectivity index (χ4n) is 4.85. The first kappa shape index (κ1) is 20.0. The van der Waals surface area contributed by atoms with Crippen LogP contribution in [0.4, 0.5) is 14.9 Å². The molecule has 3 aliphatic heterocycles. The molecule has 6 rings (SSSR count). The van der Waals surface area contributed by atoms with Crippen molar-refractivity contribution in [3.63, 3.8) is 0 Å². The molecular weight excluding hydrogens is 429 g/mol. The van der Waals surface area contributed by atoms with Crippen molar-refractivity contribution in [2.75, 3.05) is 31.2 Å². The summed E-state index contributed by atoms with van der Waals surface area (Å²) < 4.78 is 32.9. The Morgan fingerprint density at radius 2 is 1.82 bits per heavy atom. The topological polar surface area (TPSA) is 82.0 Å². The van der Waals surface area contributed by atoms with Gasteiger partial charge in [0.1, 0.15) is 25.1 Å². The quantitative estimate of drug-likeness (QED) is 0.643. The molecule has 33 heavy (non-hydrogen) atoms. The summed E-state index contributed by atoms with van der Waals surface area (Å²) in [6.45, 7) is 2.28. The van der Waals surface area contributed by atoms with Gasteiger partial charge in [0.2, 0.25) is 0 Å². The highest BCUT2D eigenvalue weighted by Gasteiger charge is 2.34. The van der Waals surface area contributed by atoms with E-state index in [0.29, 0.717) is 67.5 Å². The number of rotatable bonds is 5. The molecule has 170 valence electrons. The van der Waals surface area contributed by atoms with Gasteiger partial charge in [-0.05, 0) is 48.7 Å². The first-order chi connectivity index (χ1) is 16.1. The molecule has 0 unspecified atom stereocenters. The van der Waals surface area contributed by atoms with Gasteiger partial charge in [-0.2, -0.15) is 0 Å². The highest BCUT2D eigenvalue weighted by atomic mass is 19.1. The Hall–Kier alpha value is -3.59. The van der Waals surface area contributed by atoms with Gasteiger partial charge in [0, 0.05) is 24.2 Å². The molecule has 8 nitrogen and oxygen atoms in total. The summed E-state index contributed by atoms with van der Waals surface area (Å²) in [6, 6.07) is 11.4. The van der Waals surface area contributed by atoms with Gasteiger partial charge in [-0.3, -0.25) is 9.69 Å². The largest absolute Gasteiger partial charge is 0.486 e. The van der Waals surface area contributed by atoms with Crippen molar-refractivity contribution >= 4 is 22.7 Å². The highest BCUT2D eigenvalue weighted by molar-refractivity contribution is 5.90. The van der Waals surface area contributed by atoms with Crippen LogP contribution in [-0.4, -0.2) is 43.1 Å². The fraction of sp³-hybridized carbons (Fsp3) is 0.333. The van der Waals surface area contributed by atoms with Crippen LogP contribution in [0.25, 0.3) is 10.9 Å². The molecule has 4 heterocycles. The summed E-state index contributed by atoms with van der Waals surface area (Å²) in [5, 5.41) is 4.19. The number of ether oxygens (including phenoxy) is 3. The van der Waals surface area contributed by atoms with E-state index in [-0.39, 0.29) is 23.5 Å². The summed E-state index contributed by atoms with van der Waals surface area (Å²) in [6.07, 6.45) is -0.149. The molecule has 3 aromatic rings. The number of halogens is 1. The summed E-state index contributed by atoms with van der Waals surface area (Å²) >= 11 is 0. The molecule has 3 aliphatic rings. The molecule has 1 amide bonds. The Labute approximate surface area is 188 Å². The number of anilines is 1. The van der Waals surface area contributed by atoms with Crippen LogP contribution in [0, 0.1) is 5.82 Å². The third kappa shape index (κ3) is 3.39. The predicted octanol–water partition coefficient (Wildman–Crippen LogP) is 2.97. The highest BCUT2D eigenvalue weighted by Crippen LogP contribution is 2.36. The lowest BCUT2D eigenvalue weighted by molar-refractivity contribution is 0.136. The van der Waals surface area contributed by atoms with Gasteiger partial charge in [0.05, 0.1) is 23.8 Å². The van der Waals surface area contributed by atoms with Crippen LogP contribution in [-0.2, 0) is 11.3 Å². The maximum atomic E-state index is 14.6. The smallest absolute Gasteiger partial charge is 0.414 e. The molecule has 1 aromatic heterocycles. The minimum Gasteiger partial charge on any atom is -0.486 e. The van der Waals surface area contributed by atoms with Crippen molar-refractivity contribution < 1.29 is 23.4 Å². The van der Waals surface area contributed by atoms with E-state index in [0.717, 1.165) is 5.39 Å². The summed E-state index contributed by atoms with van der Waals surface area (Å²) in [5.41, 5.74) is 1.72. The number of carbonyl (C=O) groups is 1. The molecule has 1 N–H and O–H groups in total. The number of carbonyl (C=O) groups excluding carboxylic acids is 1. The molecule has 1 fully saturated rings. The lowest BCUT2D eigenvalue weighted by Crippen LogP contribution is -2.29. The van der Waals surface area contributed by atoms with Crippen LogP contribution < -0.4 is 25.2 Å². The Morgan fingerprint density at radius 1 is 1.00 bits per heavy atom. The zero-order chi connectivity index (χ0) is 22.5. The molecule has 2 aromatic carbocycles. The Balaban J connectivity index is 1.12. The zero-order valence-corrected chi connectivity index (χ0v) is 17.8. The van der Waals surface area contributed by atoms with Crippen molar-refractivity contribution in [1.82, 2.24) is 9.88 Å². The molecule has 9 heteroatoms. The summed E-state index contributed by atoms with van der Waals surface area (Å²) in [7, 11) is 0. The SMILES string of the molecule is O=C1O[C@@H](CCN[C@@H]2Cn3c(=O)ccc4ccc(F)c2c43)CN1c1ccc2c(c1)OCCO2. The first-order valence-electron chi connectivity index (χ1n) is 11.0. The zero-order valence-electron chi connectivity index (χ0n) is 17.8. The van der Waals surface area contributed by atoms with E-state index in [4.69, 9.17) is 14.2 Å². The van der Waals surface area contributed by atoms with Crippen LogP contribution in [0.2, 0.25) is 0 Å². The van der Waals surface area contributed by atoms with Crippen LogP contribution in [0.5, 0.6) is 11.5 Å². The van der Waals surface area contributed by atoms with E-state index >= 15 is 0 Å². The molecule has 1 saturated heterocycles. The van der Waals surface area contributed by atoms with Crippen LogP contribution in [0.3, 0.4) is 0 Å². The van der Waals surface area contributed by atoms with Gasteiger partial charge in [-0.15, -0.1) is 0 Å². The average molecular weight is 451 g/mol. The van der Waals surface area contributed by atoms with E-state index in [9.17, 15) is 14.0 Å². The summed E-state index contributed by atoms with van der Waals surface area (Å²) in [4.78, 5) is 26.3. The second-order valence-corrected chi connectivity index (χ2v) is 8.42. The van der Waals surface area contributed by atoms with Crippen molar-refractivity contribution in [2.24, 2.45) is 0 Å². The van der Waals surface area contributed by atoms with E-state index in [2.05, 4.69) is 5.32 Å². The van der Waals surface area contributed by atoms with E-state index < -0.39 is 6.09 Å².